The van der Waals surface area contributed by atoms with Gasteiger partial charge in [-0.05, 0) is 55.7 Å². The van der Waals surface area contributed by atoms with Crippen LogP contribution < -0.4 is 5.73 Å². The SMILES string of the molecule is Cc1cc(C)c(C(=O)CSc2nnc(CCC(N)=O)n2Cc2ccco2)cc1C. The smallest absolute Gasteiger partial charge is 0.217 e. The van der Waals surface area contributed by atoms with Crippen LogP contribution in [0, 0.1) is 20.8 Å². The summed E-state index contributed by atoms with van der Waals surface area (Å²) in [5.74, 6) is 1.27. The molecular formula is C21H24N4O3S. The summed E-state index contributed by atoms with van der Waals surface area (Å²) in [6.07, 6.45) is 2.16. The standard InChI is InChI=1S/C21H24N4O3S/c1-13-9-15(3)17(10-14(13)2)18(26)12-29-21-24-23-20(7-6-19(22)27)25(21)11-16-5-4-8-28-16/h4-5,8-10H,6-7,11-12H2,1-3H3,(H2,22,27). The summed E-state index contributed by atoms with van der Waals surface area (Å²) < 4.78 is 7.30. The fraction of sp³-hybridized carbons (Fsp3) is 0.333. The molecule has 2 N–H and O–H groups in total. The average Bonchev–Trinajstić information content (AvgIpc) is 3.31. The minimum atomic E-state index is -0.396. The highest BCUT2D eigenvalue weighted by Gasteiger charge is 2.18. The number of ketones is 1. The second kappa shape index (κ2) is 9.09. The minimum absolute atomic E-state index is 0.0434. The zero-order chi connectivity index (χ0) is 21.0. The van der Waals surface area contributed by atoms with Crippen molar-refractivity contribution in [3.05, 3.63) is 64.4 Å². The molecule has 3 rings (SSSR count). The van der Waals surface area contributed by atoms with Crippen molar-refractivity contribution < 1.29 is 14.0 Å². The largest absolute Gasteiger partial charge is 0.467 e. The quantitative estimate of drug-likeness (QED) is 0.427. The van der Waals surface area contributed by atoms with E-state index in [0.29, 0.717) is 23.9 Å². The van der Waals surface area contributed by atoms with Gasteiger partial charge in [0, 0.05) is 18.4 Å². The lowest BCUT2D eigenvalue weighted by Gasteiger charge is -2.10. The Labute approximate surface area is 173 Å². The van der Waals surface area contributed by atoms with E-state index in [9.17, 15) is 9.59 Å². The second-order valence-corrected chi connectivity index (χ2v) is 7.94. The van der Waals surface area contributed by atoms with Crippen molar-refractivity contribution in [2.45, 2.75) is 45.3 Å². The number of nitrogens with zero attached hydrogens (tertiary/aromatic N) is 3. The molecule has 2 aromatic heterocycles. The Morgan fingerprint density at radius 3 is 2.59 bits per heavy atom. The van der Waals surface area contributed by atoms with Crippen LogP contribution in [-0.4, -0.2) is 32.2 Å². The van der Waals surface area contributed by atoms with Crippen molar-refractivity contribution in [1.29, 1.82) is 0 Å². The van der Waals surface area contributed by atoms with Crippen LogP contribution >= 0.6 is 11.8 Å². The van der Waals surface area contributed by atoms with Gasteiger partial charge in [0.05, 0.1) is 18.6 Å². The zero-order valence-electron chi connectivity index (χ0n) is 16.8. The highest BCUT2D eigenvalue weighted by Crippen LogP contribution is 2.23. The van der Waals surface area contributed by atoms with E-state index in [0.717, 1.165) is 22.5 Å². The number of hydrogen-bond donors (Lipinski definition) is 1. The molecule has 29 heavy (non-hydrogen) atoms. The molecule has 0 fully saturated rings. The molecule has 8 heteroatoms. The Kier molecular flexibility index (Phi) is 6.53. The molecular weight excluding hydrogens is 388 g/mol. The van der Waals surface area contributed by atoms with Crippen LogP contribution in [0.5, 0.6) is 0 Å². The summed E-state index contributed by atoms with van der Waals surface area (Å²) in [6.45, 7) is 6.42. The lowest BCUT2D eigenvalue weighted by molar-refractivity contribution is -0.118. The Morgan fingerprint density at radius 2 is 1.90 bits per heavy atom. The molecule has 0 saturated carbocycles. The lowest BCUT2D eigenvalue weighted by atomic mass is 9.99. The van der Waals surface area contributed by atoms with E-state index in [-0.39, 0.29) is 18.0 Å². The molecule has 0 radical (unpaired) electrons. The fourth-order valence-corrected chi connectivity index (χ4v) is 3.87. The van der Waals surface area contributed by atoms with E-state index < -0.39 is 5.91 Å². The van der Waals surface area contributed by atoms with E-state index in [4.69, 9.17) is 10.2 Å². The Morgan fingerprint density at radius 1 is 1.14 bits per heavy atom. The summed E-state index contributed by atoms with van der Waals surface area (Å²) in [6, 6.07) is 7.64. The minimum Gasteiger partial charge on any atom is -0.467 e. The van der Waals surface area contributed by atoms with E-state index in [2.05, 4.69) is 10.2 Å². The molecule has 0 aliphatic rings. The van der Waals surface area contributed by atoms with Gasteiger partial charge in [0.15, 0.2) is 10.9 Å². The molecule has 7 nitrogen and oxygen atoms in total. The number of primary amides is 1. The number of amides is 1. The summed E-state index contributed by atoms with van der Waals surface area (Å²) in [4.78, 5) is 24.0. The monoisotopic (exact) mass is 412 g/mol. The highest BCUT2D eigenvalue weighted by atomic mass is 32.2. The van der Waals surface area contributed by atoms with Gasteiger partial charge < -0.3 is 10.2 Å². The number of hydrogen-bond acceptors (Lipinski definition) is 6. The van der Waals surface area contributed by atoms with E-state index in [1.165, 1.54) is 17.3 Å². The number of thioether (sulfide) groups is 1. The summed E-state index contributed by atoms with van der Waals surface area (Å²) in [5, 5.41) is 9.03. The maximum Gasteiger partial charge on any atom is 0.217 e. The first-order valence-electron chi connectivity index (χ1n) is 9.31. The molecule has 0 atom stereocenters. The summed E-state index contributed by atoms with van der Waals surface area (Å²) in [5.41, 5.74) is 9.23. The number of benzene rings is 1. The van der Waals surface area contributed by atoms with Crippen molar-refractivity contribution >= 4 is 23.5 Å². The van der Waals surface area contributed by atoms with Crippen molar-refractivity contribution in [1.82, 2.24) is 14.8 Å². The first kappa shape index (κ1) is 20.9. The number of carbonyl (C=O) groups is 2. The van der Waals surface area contributed by atoms with E-state index >= 15 is 0 Å². The number of aryl methyl sites for hydroxylation is 4. The van der Waals surface area contributed by atoms with Crippen LogP contribution in [-0.2, 0) is 17.8 Å². The fourth-order valence-electron chi connectivity index (χ4n) is 3.03. The van der Waals surface area contributed by atoms with Crippen LogP contribution in [0.15, 0.2) is 40.1 Å². The predicted octanol–water partition coefficient (Wildman–Crippen LogP) is 3.24. The topological polar surface area (TPSA) is 104 Å². The van der Waals surface area contributed by atoms with E-state index in [1.807, 2.05) is 49.6 Å². The maximum absolute atomic E-state index is 12.8. The van der Waals surface area contributed by atoms with Crippen LogP contribution in [0.1, 0.15) is 45.1 Å². The predicted molar refractivity (Wildman–Crippen MR) is 111 cm³/mol. The third-order valence-corrected chi connectivity index (χ3v) is 5.72. The molecule has 0 aliphatic heterocycles. The van der Waals surface area contributed by atoms with Crippen molar-refractivity contribution in [2.24, 2.45) is 5.73 Å². The van der Waals surface area contributed by atoms with Crippen LogP contribution in [0.25, 0.3) is 0 Å². The molecule has 0 aliphatic carbocycles. The highest BCUT2D eigenvalue weighted by molar-refractivity contribution is 7.99. The van der Waals surface area contributed by atoms with E-state index in [1.54, 1.807) is 6.26 Å². The Balaban J connectivity index is 1.78. The summed E-state index contributed by atoms with van der Waals surface area (Å²) in [7, 11) is 0. The van der Waals surface area contributed by atoms with Crippen molar-refractivity contribution in [2.75, 3.05) is 5.75 Å². The van der Waals surface area contributed by atoms with Gasteiger partial charge in [-0.3, -0.25) is 14.2 Å². The molecule has 2 heterocycles. The molecule has 3 aromatic rings. The van der Waals surface area contributed by atoms with Crippen LogP contribution in [0.3, 0.4) is 0 Å². The van der Waals surface area contributed by atoms with Crippen molar-refractivity contribution in [3.8, 4) is 0 Å². The van der Waals surface area contributed by atoms with Crippen LogP contribution in [0.4, 0.5) is 0 Å². The van der Waals surface area contributed by atoms with Crippen molar-refractivity contribution in [3.63, 3.8) is 0 Å². The molecule has 1 amide bonds. The molecule has 0 spiro atoms. The van der Waals surface area contributed by atoms with Gasteiger partial charge in [-0.1, -0.05) is 17.8 Å². The maximum atomic E-state index is 12.8. The molecule has 0 bridgehead atoms. The van der Waals surface area contributed by atoms with Gasteiger partial charge >= 0.3 is 0 Å². The molecule has 152 valence electrons. The lowest BCUT2D eigenvalue weighted by Crippen LogP contribution is -2.14. The first-order chi connectivity index (χ1) is 13.8. The number of furan rings is 1. The average molecular weight is 413 g/mol. The zero-order valence-corrected chi connectivity index (χ0v) is 17.6. The van der Waals surface area contributed by atoms with Gasteiger partial charge in [0.2, 0.25) is 5.91 Å². The van der Waals surface area contributed by atoms with Gasteiger partial charge in [-0.2, -0.15) is 0 Å². The Hall–Kier alpha value is -2.87. The molecule has 0 unspecified atom stereocenters. The molecule has 0 saturated heterocycles. The number of Topliss-reactive ketones (excluding diaryl/α,β-unsaturated/α-hetero) is 1. The van der Waals surface area contributed by atoms with Gasteiger partial charge in [-0.15, -0.1) is 10.2 Å². The first-order valence-corrected chi connectivity index (χ1v) is 10.3. The number of rotatable bonds is 9. The number of nitrogens with two attached hydrogens (primary N) is 1. The molecule has 1 aromatic carbocycles. The third kappa shape index (κ3) is 5.14. The van der Waals surface area contributed by atoms with Crippen LogP contribution in [0.2, 0.25) is 0 Å². The Bertz CT molecular complexity index is 1020. The second-order valence-electron chi connectivity index (χ2n) is 6.99. The van der Waals surface area contributed by atoms with Gasteiger partial charge in [0.25, 0.3) is 0 Å². The summed E-state index contributed by atoms with van der Waals surface area (Å²) >= 11 is 1.33. The van der Waals surface area contributed by atoms with Gasteiger partial charge in [0.1, 0.15) is 11.6 Å². The van der Waals surface area contributed by atoms with Gasteiger partial charge in [-0.25, -0.2) is 0 Å². The number of carbonyl (C=O) groups excluding carboxylic acids is 2. The number of aromatic nitrogens is 3. The normalized spacial score (nSPS) is 11.0. The third-order valence-electron chi connectivity index (χ3n) is 4.76.